The molecule has 0 fully saturated rings. The maximum atomic E-state index is 11.1. The molecular weight excluding hydrogens is 224 g/mol. The van der Waals surface area contributed by atoms with Crippen molar-refractivity contribution in [3.63, 3.8) is 0 Å². The van der Waals surface area contributed by atoms with Gasteiger partial charge >= 0.3 is 6.09 Å². The normalized spacial score (nSPS) is 10.8. The number of H-pyrrole nitrogens is 1. The number of hydrogen-bond donors (Lipinski definition) is 2. The van der Waals surface area contributed by atoms with Gasteiger partial charge in [0.1, 0.15) is 0 Å². The van der Waals surface area contributed by atoms with Gasteiger partial charge in [-0.2, -0.15) is 0 Å². The molecule has 2 aromatic rings. The van der Waals surface area contributed by atoms with Crippen molar-refractivity contribution >= 4 is 17.6 Å². The number of carbonyl (C=O) groups is 1. The van der Waals surface area contributed by atoms with E-state index in [1.54, 1.807) is 24.3 Å². The van der Waals surface area contributed by atoms with Crippen molar-refractivity contribution in [2.24, 2.45) is 10.2 Å². The number of hydrogen-bond acceptors (Lipinski definition) is 4. The van der Waals surface area contributed by atoms with E-state index in [0.29, 0.717) is 10.4 Å². The third kappa shape index (κ3) is 2.46. The lowest BCUT2D eigenvalue weighted by molar-refractivity contribution is 0.192. The first kappa shape index (κ1) is 10.8. The van der Waals surface area contributed by atoms with Crippen LogP contribution in [0.25, 0.3) is 0 Å². The van der Waals surface area contributed by atoms with Gasteiger partial charge < -0.3 is 5.11 Å². The molecule has 0 saturated heterocycles. The minimum absolute atomic E-state index is 0.0845. The molecule has 0 amide bonds. The summed E-state index contributed by atoms with van der Waals surface area (Å²) in [7, 11) is 0. The van der Waals surface area contributed by atoms with E-state index in [9.17, 15) is 9.59 Å². The fraction of sp³-hybridized carbons (Fsp3) is 0. The van der Waals surface area contributed by atoms with Gasteiger partial charge in [-0.1, -0.05) is 18.2 Å². The molecule has 17 heavy (non-hydrogen) atoms. The first-order valence-electron chi connectivity index (χ1n) is 4.69. The lowest BCUT2D eigenvalue weighted by atomic mass is 10.3. The predicted octanol–water partition coefficient (Wildman–Crippen LogP) is 2.12. The topological polar surface area (TPSA) is 99.8 Å². The monoisotopic (exact) mass is 232 g/mol. The zero-order valence-corrected chi connectivity index (χ0v) is 8.57. The van der Waals surface area contributed by atoms with E-state index in [1.165, 1.54) is 0 Å². The van der Waals surface area contributed by atoms with E-state index in [0.717, 1.165) is 6.07 Å². The number of nitrogens with zero attached hydrogens (tertiary/aromatic N) is 3. The SMILES string of the molecule is O=C(O)n1[nH]c(N=Nc2ccccc2)cc1=O. The third-order valence-electron chi connectivity index (χ3n) is 1.93. The smallest absolute Gasteiger partial charge is 0.433 e. The molecular formula is C10H8N4O3. The summed E-state index contributed by atoms with van der Waals surface area (Å²) in [5.74, 6) is 0.0845. The van der Waals surface area contributed by atoms with Crippen LogP contribution in [0, 0.1) is 0 Å². The van der Waals surface area contributed by atoms with Crippen LogP contribution in [0.1, 0.15) is 0 Å². The molecule has 0 aliphatic heterocycles. The fourth-order valence-corrected chi connectivity index (χ4v) is 1.18. The van der Waals surface area contributed by atoms with E-state index < -0.39 is 11.7 Å². The molecule has 1 heterocycles. The van der Waals surface area contributed by atoms with Crippen molar-refractivity contribution in [2.75, 3.05) is 0 Å². The van der Waals surface area contributed by atoms with Gasteiger partial charge in [0.25, 0.3) is 5.56 Å². The first-order chi connectivity index (χ1) is 8.16. The molecule has 2 N–H and O–H groups in total. The molecule has 0 aliphatic carbocycles. The summed E-state index contributed by atoms with van der Waals surface area (Å²) in [4.78, 5) is 21.7. The molecule has 0 radical (unpaired) electrons. The molecule has 1 aromatic heterocycles. The minimum atomic E-state index is -1.39. The van der Waals surface area contributed by atoms with Crippen LogP contribution in [0.15, 0.2) is 51.4 Å². The van der Waals surface area contributed by atoms with E-state index >= 15 is 0 Å². The maximum absolute atomic E-state index is 11.1. The van der Waals surface area contributed by atoms with E-state index in [1.807, 2.05) is 6.07 Å². The maximum Gasteiger partial charge on any atom is 0.433 e. The summed E-state index contributed by atoms with van der Waals surface area (Å²) in [6.45, 7) is 0. The number of aromatic nitrogens is 2. The second-order valence-electron chi connectivity index (χ2n) is 3.13. The highest BCUT2D eigenvalue weighted by atomic mass is 16.4. The molecule has 0 aliphatic rings. The van der Waals surface area contributed by atoms with Gasteiger partial charge in [0.2, 0.25) is 0 Å². The summed E-state index contributed by atoms with van der Waals surface area (Å²) in [6, 6.07) is 9.94. The Bertz CT molecular complexity index is 612. The molecule has 0 unspecified atom stereocenters. The van der Waals surface area contributed by atoms with Gasteiger partial charge in [0, 0.05) is 0 Å². The van der Waals surface area contributed by atoms with E-state index in [-0.39, 0.29) is 5.82 Å². The van der Waals surface area contributed by atoms with Crippen LogP contribution in [0.2, 0.25) is 0 Å². The second-order valence-corrected chi connectivity index (χ2v) is 3.13. The Labute approximate surface area is 95.0 Å². The Morgan fingerprint density at radius 1 is 1.24 bits per heavy atom. The van der Waals surface area contributed by atoms with Crippen LogP contribution in [-0.4, -0.2) is 21.0 Å². The van der Waals surface area contributed by atoms with Crippen molar-refractivity contribution in [2.45, 2.75) is 0 Å². The van der Waals surface area contributed by atoms with Crippen LogP contribution >= 0.6 is 0 Å². The van der Waals surface area contributed by atoms with Gasteiger partial charge in [-0.25, -0.2) is 4.79 Å². The molecule has 0 saturated carbocycles. The highest BCUT2D eigenvalue weighted by Crippen LogP contribution is 2.14. The molecule has 7 nitrogen and oxygen atoms in total. The quantitative estimate of drug-likeness (QED) is 0.775. The molecule has 1 aromatic carbocycles. The zero-order chi connectivity index (χ0) is 12.3. The van der Waals surface area contributed by atoms with Gasteiger partial charge in [-0.05, 0) is 12.1 Å². The Balaban J connectivity index is 2.26. The highest BCUT2D eigenvalue weighted by Gasteiger charge is 2.07. The molecule has 0 spiro atoms. The zero-order valence-electron chi connectivity index (χ0n) is 8.57. The number of benzene rings is 1. The van der Waals surface area contributed by atoms with Crippen molar-refractivity contribution in [1.29, 1.82) is 0 Å². The van der Waals surface area contributed by atoms with Gasteiger partial charge in [0.05, 0.1) is 11.8 Å². The standard InChI is InChI=1S/C10H8N4O3/c15-9-6-8(13-14(9)10(16)17)12-11-7-4-2-1-3-5-7/h1-6,13H,(H,16,17). The Morgan fingerprint density at radius 2 is 1.94 bits per heavy atom. The number of rotatable bonds is 2. The molecule has 7 heteroatoms. The van der Waals surface area contributed by atoms with E-state index in [4.69, 9.17) is 5.11 Å². The summed E-state index contributed by atoms with van der Waals surface area (Å²) in [5.41, 5.74) is -0.0871. The largest absolute Gasteiger partial charge is 0.463 e. The van der Waals surface area contributed by atoms with Crippen molar-refractivity contribution in [3.8, 4) is 0 Å². The van der Waals surface area contributed by atoms with Crippen LogP contribution < -0.4 is 5.56 Å². The number of aromatic amines is 1. The summed E-state index contributed by atoms with van der Waals surface area (Å²) < 4.78 is 0.430. The van der Waals surface area contributed by atoms with Crippen LogP contribution in [-0.2, 0) is 0 Å². The summed E-state index contributed by atoms with van der Waals surface area (Å²) in [6.07, 6.45) is -1.39. The highest BCUT2D eigenvalue weighted by molar-refractivity contribution is 5.67. The molecule has 0 bridgehead atoms. The Hall–Kier alpha value is -2.70. The average Bonchev–Trinajstić information content (AvgIpc) is 2.69. The van der Waals surface area contributed by atoms with Crippen LogP contribution in [0.3, 0.4) is 0 Å². The molecule has 86 valence electrons. The van der Waals surface area contributed by atoms with Crippen LogP contribution in [0.4, 0.5) is 16.3 Å². The summed E-state index contributed by atoms with van der Waals surface area (Å²) >= 11 is 0. The fourth-order valence-electron chi connectivity index (χ4n) is 1.18. The average molecular weight is 232 g/mol. The van der Waals surface area contributed by atoms with E-state index in [2.05, 4.69) is 15.3 Å². The first-order valence-corrected chi connectivity index (χ1v) is 4.69. The van der Waals surface area contributed by atoms with Crippen molar-refractivity contribution in [3.05, 3.63) is 46.8 Å². The minimum Gasteiger partial charge on any atom is -0.463 e. The second kappa shape index (κ2) is 4.44. The summed E-state index contributed by atoms with van der Waals surface area (Å²) in [5, 5.41) is 18.5. The van der Waals surface area contributed by atoms with Gasteiger partial charge in [0.15, 0.2) is 5.82 Å². The Kier molecular flexibility index (Phi) is 2.82. The van der Waals surface area contributed by atoms with Gasteiger partial charge in [-0.3, -0.25) is 9.89 Å². The number of nitrogens with one attached hydrogen (secondary N) is 1. The van der Waals surface area contributed by atoms with Crippen molar-refractivity contribution < 1.29 is 9.90 Å². The lowest BCUT2D eigenvalue weighted by Crippen LogP contribution is -2.22. The number of azo groups is 1. The Morgan fingerprint density at radius 3 is 2.53 bits per heavy atom. The van der Waals surface area contributed by atoms with Crippen LogP contribution in [0.5, 0.6) is 0 Å². The molecule has 0 atom stereocenters. The van der Waals surface area contributed by atoms with Crippen molar-refractivity contribution in [1.82, 2.24) is 9.78 Å². The molecule has 2 rings (SSSR count). The third-order valence-corrected chi connectivity index (χ3v) is 1.93. The predicted molar refractivity (Wildman–Crippen MR) is 59.1 cm³/mol. The van der Waals surface area contributed by atoms with Gasteiger partial charge in [-0.15, -0.1) is 14.9 Å². The number of carboxylic acid groups (broad SMARTS) is 1. The lowest BCUT2D eigenvalue weighted by Gasteiger charge is -1.90.